The van der Waals surface area contributed by atoms with Crippen LogP contribution >= 0.6 is 0 Å². The zero-order chi connectivity index (χ0) is 20.9. The third-order valence-electron chi connectivity index (χ3n) is 4.99. The number of piperazine rings is 1. The van der Waals surface area contributed by atoms with Crippen molar-refractivity contribution in [3.8, 4) is 5.75 Å². The summed E-state index contributed by atoms with van der Waals surface area (Å²) < 4.78 is 44.6. The van der Waals surface area contributed by atoms with E-state index in [1.165, 1.54) is 18.2 Å². The van der Waals surface area contributed by atoms with Crippen molar-refractivity contribution in [2.24, 2.45) is 0 Å². The number of nitrogens with one attached hydrogen (secondary N) is 1. The molecule has 1 heterocycles. The number of benzene rings is 2. The number of rotatable bonds is 6. The van der Waals surface area contributed by atoms with Gasteiger partial charge < -0.3 is 15.0 Å². The van der Waals surface area contributed by atoms with Gasteiger partial charge in [0, 0.05) is 39.3 Å². The number of carbonyl (C=O) groups is 1. The molecule has 2 aromatic rings. The molecule has 1 N–H and O–H groups in total. The van der Waals surface area contributed by atoms with Crippen LogP contribution in [0.5, 0.6) is 5.75 Å². The number of alkyl halides is 3. The molecule has 3 rings (SSSR count). The molecule has 0 bridgehead atoms. The van der Waals surface area contributed by atoms with E-state index in [-0.39, 0.29) is 5.56 Å². The van der Waals surface area contributed by atoms with E-state index in [1.807, 2.05) is 24.3 Å². The van der Waals surface area contributed by atoms with Crippen LogP contribution in [0.3, 0.4) is 0 Å². The van der Waals surface area contributed by atoms with Gasteiger partial charge in [-0.15, -0.1) is 0 Å². The average Bonchev–Trinajstić information content (AvgIpc) is 2.73. The van der Waals surface area contributed by atoms with Crippen molar-refractivity contribution in [2.75, 3.05) is 51.3 Å². The van der Waals surface area contributed by atoms with Crippen molar-refractivity contribution in [1.82, 2.24) is 10.2 Å². The van der Waals surface area contributed by atoms with E-state index in [4.69, 9.17) is 4.74 Å². The van der Waals surface area contributed by atoms with Crippen LogP contribution in [-0.4, -0.2) is 57.2 Å². The van der Waals surface area contributed by atoms with Crippen LogP contribution in [0, 0.1) is 0 Å². The predicted octanol–water partition coefficient (Wildman–Crippen LogP) is 3.27. The topological polar surface area (TPSA) is 44.8 Å². The number of methoxy groups -OCH3 is 1. The number of amides is 1. The molecule has 5 nitrogen and oxygen atoms in total. The van der Waals surface area contributed by atoms with Crippen molar-refractivity contribution in [3.05, 3.63) is 59.7 Å². The molecule has 1 fully saturated rings. The fraction of sp³-hybridized carbons (Fsp3) is 0.381. The van der Waals surface area contributed by atoms with Crippen molar-refractivity contribution >= 4 is 11.6 Å². The molecule has 0 unspecified atom stereocenters. The maximum absolute atomic E-state index is 13.1. The number of anilines is 1. The van der Waals surface area contributed by atoms with E-state index in [0.29, 0.717) is 13.1 Å². The van der Waals surface area contributed by atoms with Crippen LogP contribution in [0.25, 0.3) is 0 Å². The highest BCUT2D eigenvalue weighted by Crippen LogP contribution is 2.32. The first-order valence-corrected chi connectivity index (χ1v) is 9.45. The van der Waals surface area contributed by atoms with E-state index in [1.54, 1.807) is 7.11 Å². The highest BCUT2D eigenvalue weighted by molar-refractivity contribution is 5.95. The number of hydrogen-bond acceptors (Lipinski definition) is 4. The van der Waals surface area contributed by atoms with Crippen LogP contribution in [-0.2, 0) is 6.18 Å². The lowest BCUT2D eigenvalue weighted by atomic mass is 10.1. The molecular weight excluding hydrogens is 383 g/mol. The van der Waals surface area contributed by atoms with Crippen molar-refractivity contribution < 1.29 is 22.7 Å². The molecular formula is C21H24F3N3O2. The molecule has 156 valence electrons. The molecule has 1 saturated heterocycles. The van der Waals surface area contributed by atoms with Crippen molar-refractivity contribution in [3.63, 3.8) is 0 Å². The van der Waals surface area contributed by atoms with Gasteiger partial charge in [0.15, 0.2) is 0 Å². The molecule has 0 spiro atoms. The molecule has 29 heavy (non-hydrogen) atoms. The first kappa shape index (κ1) is 21.0. The van der Waals surface area contributed by atoms with Crippen LogP contribution in [0.1, 0.15) is 15.9 Å². The molecule has 1 aliphatic rings. The third-order valence-corrected chi connectivity index (χ3v) is 4.99. The van der Waals surface area contributed by atoms with Gasteiger partial charge in [0.2, 0.25) is 0 Å². The molecule has 0 aromatic heterocycles. The second-order valence-corrected chi connectivity index (χ2v) is 6.80. The van der Waals surface area contributed by atoms with Crippen LogP contribution in [0.2, 0.25) is 0 Å². The van der Waals surface area contributed by atoms with Gasteiger partial charge in [-0.05, 0) is 24.3 Å². The fourth-order valence-electron chi connectivity index (χ4n) is 3.45. The first-order chi connectivity index (χ1) is 13.9. The van der Waals surface area contributed by atoms with Gasteiger partial charge >= 0.3 is 6.18 Å². The zero-order valence-corrected chi connectivity index (χ0v) is 16.2. The molecule has 1 aliphatic heterocycles. The highest BCUT2D eigenvalue weighted by Gasteiger charge is 2.34. The molecule has 0 radical (unpaired) electrons. The van der Waals surface area contributed by atoms with Crippen LogP contribution in [0.15, 0.2) is 48.5 Å². The Hall–Kier alpha value is -2.74. The summed E-state index contributed by atoms with van der Waals surface area (Å²) in [6.07, 6.45) is -4.55. The van der Waals surface area contributed by atoms with E-state index >= 15 is 0 Å². The zero-order valence-electron chi connectivity index (χ0n) is 16.2. The van der Waals surface area contributed by atoms with Crippen LogP contribution < -0.4 is 15.0 Å². The summed E-state index contributed by atoms with van der Waals surface area (Å²) >= 11 is 0. The number of nitrogens with zero attached hydrogens (tertiary/aromatic N) is 2. The lowest BCUT2D eigenvalue weighted by Crippen LogP contribution is -2.48. The molecule has 0 aliphatic carbocycles. The summed E-state index contributed by atoms with van der Waals surface area (Å²) in [5.41, 5.74) is -0.212. The summed E-state index contributed by atoms with van der Waals surface area (Å²) in [6, 6.07) is 12.7. The second-order valence-electron chi connectivity index (χ2n) is 6.80. The Labute approximate surface area is 168 Å². The Kier molecular flexibility index (Phi) is 6.64. The standard InChI is InChI=1S/C21H24F3N3O2/c1-29-19-9-5-4-8-18(19)27-14-12-26(13-15-27)11-10-25-20(28)16-6-2-3-7-17(16)21(22,23)24/h2-9H,10-15H2,1H3,(H,25,28). The third kappa shape index (κ3) is 5.20. The maximum atomic E-state index is 13.1. The summed E-state index contributed by atoms with van der Waals surface area (Å²) in [4.78, 5) is 16.6. The molecule has 2 aromatic carbocycles. The number of ether oxygens (including phenoxy) is 1. The molecule has 0 saturated carbocycles. The smallest absolute Gasteiger partial charge is 0.417 e. The van der Waals surface area contributed by atoms with Gasteiger partial charge in [-0.2, -0.15) is 13.2 Å². The summed E-state index contributed by atoms with van der Waals surface area (Å²) in [5, 5.41) is 2.61. The molecule has 0 atom stereocenters. The minimum Gasteiger partial charge on any atom is -0.495 e. The molecule has 8 heteroatoms. The molecule has 1 amide bonds. The van der Waals surface area contributed by atoms with Gasteiger partial charge in [0.05, 0.1) is 23.9 Å². The van der Waals surface area contributed by atoms with E-state index in [9.17, 15) is 18.0 Å². The average molecular weight is 407 g/mol. The van der Waals surface area contributed by atoms with Gasteiger partial charge in [-0.3, -0.25) is 9.69 Å². The SMILES string of the molecule is COc1ccccc1N1CCN(CCNC(=O)c2ccccc2C(F)(F)F)CC1. The summed E-state index contributed by atoms with van der Waals surface area (Å²) in [5.74, 6) is 0.127. The Morgan fingerprint density at radius 1 is 1.03 bits per heavy atom. The van der Waals surface area contributed by atoms with Crippen LogP contribution in [0.4, 0.5) is 18.9 Å². The van der Waals surface area contributed by atoms with Crippen molar-refractivity contribution in [2.45, 2.75) is 6.18 Å². The summed E-state index contributed by atoms with van der Waals surface area (Å²) in [7, 11) is 1.65. The van der Waals surface area contributed by atoms with Gasteiger partial charge in [-0.25, -0.2) is 0 Å². The number of carbonyl (C=O) groups excluding carboxylic acids is 1. The number of hydrogen-bond donors (Lipinski definition) is 1. The van der Waals surface area contributed by atoms with Crippen molar-refractivity contribution in [1.29, 1.82) is 0 Å². The van der Waals surface area contributed by atoms with Gasteiger partial charge in [0.1, 0.15) is 5.75 Å². The van der Waals surface area contributed by atoms with E-state index in [0.717, 1.165) is 43.7 Å². The minimum atomic E-state index is -4.55. The minimum absolute atomic E-state index is 0.291. The fourth-order valence-corrected chi connectivity index (χ4v) is 3.45. The van der Waals surface area contributed by atoms with E-state index in [2.05, 4.69) is 15.1 Å². The number of para-hydroxylation sites is 2. The predicted molar refractivity (Wildman–Crippen MR) is 105 cm³/mol. The Morgan fingerprint density at radius 2 is 1.69 bits per heavy atom. The Balaban J connectivity index is 1.49. The van der Waals surface area contributed by atoms with Gasteiger partial charge in [0.25, 0.3) is 5.91 Å². The second kappa shape index (κ2) is 9.17. The van der Waals surface area contributed by atoms with Gasteiger partial charge in [-0.1, -0.05) is 24.3 Å². The lowest BCUT2D eigenvalue weighted by Gasteiger charge is -2.36. The Morgan fingerprint density at radius 3 is 2.38 bits per heavy atom. The normalized spacial score (nSPS) is 15.2. The Bertz CT molecular complexity index is 834. The highest BCUT2D eigenvalue weighted by atomic mass is 19.4. The first-order valence-electron chi connectivity index (χ1n) is 9.45. The number of halogens is 3. The maximum Gasteiger partial charge on any atom is 0.417 e. The quantitative estimate of drug-likeness (QED) is 0.799. The van der Waals surface area contributed by atoms with E-state index < -0.39 is 17.6 Å². The lowest BCUT2D eigenvalue weighted by molar-refractivity contribution is -0.137. The monoisotopic (exact) mass is 407 g/mol. The largest absolute Gasteiger partial charge is 0.495 e. The summed E-state index contributed by atoms with van der Waals surface area (Å²) in [6.45, 7) is 4.09.